The first-order valence-electron chi connectivity index (χ1n) is 8.43. The standard InChI is InChI=1S/C19H18N2O7/c1-27-13-5-2-11(3-6-13)14(23)7-4-12-9-21(19(26)20-18(12)25)17-8-15(24)16(10-22)28-17/h2-3,5-6,9,15-17,22,24H,8,10H2,1H3,(H,20,25,26)/t15-,16+,17+/m0/s1. The minimum Gasteiger partial charge on any atom is -0.497 e. The molecule has 0 unspecified atom stereocenters. The van der Waals surface area contributed by atoms with Gasteiger partial charge in [-0.1, -0.05) is 5.92 Å². The second-order valence-corrected chi connectivity index (χ2v) is 6.13. The molecule has 3 rings (SSSR count). The molecule has 1 aliphatic rings. The van der Waals surface area contributed by atoms with E-state index < -0.39 is 42.1 Å². The van der Waals surface area contributed by atoms with Gasteiger partial charge in [-0.3, -0.25) is 19.1 Å². The summed E-state index contributed by atoms with van der Waals surface area (Å²) in [7, 11) is 1.51. The monoisotopic (exact) mass is 386 g/mol. The highest BCUT2D eigenvalue weighted by Crippen LogP contribution is 2.27. The average molecular weight is 386 g/mol. The maximum absolute atomic E-state index is 12.2. The van der Waals surface area contributed by atoms with E-state index in [1.165, 1.54) is 13.3 Å². The zero-order chi connectivity index (χ0) is 20.3. The lowest BCUT2D eigenvalue weighted by molar-refractivity contribution is -0.0459. The number of nitrogens with one attached hydrogen (secondary N) is 1. The van der Waals surface area contributed by atoms with Crippen molar-refractivity contribution in [3.8, 4) is 17.6 Å². The van der Waals surface area contributed by atoms with Crippen LogP contribution in [0.4, 0.5) is 0 Å². The Labute approximate surface area is 159 Å². The molecule has 2 aromatic rings. The molecule has 0 amide bonds. The first-order chi connectivity index (χ1) is 13.4. The number of ketones is 1. The normalized spacial score (nSPS) is 21.0. The number of rotatable bonds is 4. The number of benzene rings is 1. The third-order valence-electron chi connectivity index (χ3n) is 4.33. The first-order valence-corrected chi connectivity index (χ1v) is 8.43. The number of hydrogen-bond acceptors (Lipinski definition) is 7. The van der Waals surface area contributed by atoms with Crippen molar-refractivity contribution in [1.29, 1.82) is 0 Å². The average Bonchev–Trinajstić information content (AvgIpc) is 3.07. The number of hydrogen-bond donors (Lipinski definition) is 3. The molecule has 0 saturated carbocycles. The molecule has 2 heterocycles. The number of aromatic amines is 1. The minimum atomic E-state index is -0.944. The molecular weight excluding hydrogens is 368 g/mol. The number of ether oxygens (including phenoxy) is 2. The summed E-state index contributed by atoms with van der Waals surface area (Å²) in [6, 6.07) is 6.32. The highest BCUT2D eigenvalue weighted by atomic mass is 16.5. The molecule has 1 aliphatic heterocycles. The molecule has 28 heavy (non-hydrogen) atoms. The first kappa shape index (κ1) is 19.6. The van der Waals surface area contributed by atoms with Crippen molar-refractivity contribution in [2.24, 2.45) is 0 Å². The lowest BCUT2D eigenvalue weighted by atomic mass is 10.1. The Morgan fingerprint density at radius 2 is 2.07 bits per heavy atom. The van der Waals surface area contributed by atoms with Crippen LogP contribution in [0.1, 0.15) is 28.6 Å². The largest absolute Gasteiger partial charge is 0.497 e. The Hall–Kier alpha value is -3.19. The highest BCUT2D eigenvalue weighted by Gasteiger charge is 2.35. The molecule has 1 fully saturated rings. The van der Waals surface area contributed by atoms with Gasteiger partial charge in [0.1, 0.15) is 23.6 Å². The predicted molar refractivity (Wildman–Crippen MR) is 97.1 cm³/mol. The molecule has 3 N–H and O–H groups in total. The van der Waals surface area contributed by atoms with Crippen LogP contribution in [0.5, 0.6) is 5.75 Å². The van der Waals surface area contributed by atoms with Crippen molar-refractivity contribution in [1.82, 2.24) is 9.55 Å². The second-order valence-electron chi connectivity index (χ2n) is 6.13. The van der Waals surface area contributed by atoms with Gasteiger partial charge in [0.05, 0.1) is 19.8 Å². The molecule has 1 aromatic heterocycles. The van der Waals surface area contributed by atoms with Gasteiger partial charge in [-0.15, -0.1) is 0 Å². The Morgan fingerprint density at radius 3 is 2.68 bits per heavy atom. The van der Waals surface area contributed by atoms with Gasteiger partial charge in [0.15, 0.2) is 0 Å². The van der Waals surface area contributed by atoms with Crippen molar-refractivity contribution in [2.75, 3.05) is 13.7 Å². The fraction of sp³-hybridized carbons (Fsp3) is 0.316. The van der Waals surface area contributed by atoms with Crippen molar-refractivity contribution >= 4 is 5.78 Å². The Morgan fingerprint density at radius 1 is 1.36 bits per heavy atom. The van der Waals surface area contributed by atoms with Gasteiger partial charge in [-0.2, -0.15) is 0 Å². The zero-order valence-corrected chi connectivity index (χ0v) is 14.9. The molecule has 9 nitrogen and oxygen atoms in total. The lowest BCUT2D eigenvalue weighted by Crippen LogP contribution is -2.33. The number of Topliss-reactive ketones (excluding diaryl/α,β-unsaturated/α-hetero) is 1. The summed E-state index contributed by atoms with van der Waals surface area (Å²) in [5, 5.41) is 19.0. The van der Waals surface area contributed by atoms with Gasteiger partial charge >= 0.3 is 5.69 Å². The fourth-order valence-corrected chi connectivity index (χ4v) is 2.78. The maximum Gasteiger partial charge on any atom is 0.330 e. The zero-order valence-electron chi connectivity index (χ0n) is 14.9. The van der Waals surface area contributed by atoms with Crippen LogP contribution in [0.3, 0.4) is 0 Å². The number of carbonyl (C=O) groups is 1. The number of aliphatic hydroxyl groups excluding tert-OH is 2. The molecule has 1 saturated heterocycles. The van der Waals surface area contributed by atoms with Crippen LogP contribution >= 0.6 is 0 Å². The van der Waals surface area contributed by atoms with E-state index in [-0.39, 0.29) is 12.0 Å². The molecule has 0 bridgehead atoms. The smallest absolute Gasteiger partial charge is 0.330 e. The fourth-order valence-electron chi connectivity index (χ4n) is 2.78. The number of nitrogens with zero attached hydrogens (tertiary/aromatic N) is 1. The number of carbonyl (C=O) groups excluding carboxylic acids is 1. The Bertz CT molecular complexity index is 1040. The summed E-state index contributed by atoms with van der Waals surface area (Å²) in [5.41, 5.74) is -1.26. The lowest BCUT2D eigenvalue weighted by Gasteiger charge is -2.14. The SMILES string of the molecule is COc1ccc(C(=O)C#Cc2cn([C@H]3C[C@H](O)[C@@H](CO)O3)c(=O)[nH]c2=O)cc1. The summed E-state index contributed by atoms with van der Waals surface area (Å²) < 4.78 is 11.5. The van der Waals surface area contributed by atoms with Crippen LogP contribution in [0.25, 0.3) is 0 Å². The van der Waals surface area contributed by atoms with E-state index in [4.69, 9.17) is 14.6 Å². The van der Waals surface area contributed by atoms with Gasteiger partial charge in [0, 0.05) is 18.2 Å². The van der Waals surface area contributed by atoms with Crippen LogP contribution < -0.4 is 16.0 Å². The molecule has 3 atom stereocenters. The number of aliphatic hydroxyl groups is 2. The van der Waals surface area contributed by atoms with Gasteiger partial charge in [-0.25, -0.2) is 4.79 Å². The molecule has 0 aliphatic carbocycles. The molecule has 0 radical (unpaired) electrons. The molecule has 1 aromatic carbocycles. The van der Waals surface area contributed by atoms with Crippen molar-refractivity contribution in [2.45, 2.75) is 24.9 Å². The van der Waals surface area contributed by atoms with E-state index in [1.54, 1.807) is 24.3 Å². The Balaban J connectivity index is 1.87. The number of aromatic nitrogens is 2. The third-order valence-corrected chi connectivity index (χ3v) is 4.33. The van der Waals surface area contributed by atoms with E-state index in [2.05, 4.69) is 16.8 Å². The van der Waals surface area contributed by atoms with Gasteiger partial charge < -0.3 is 19.7 Å². The highest BCUT2D eigenvalue weighted by molar-refractivity contribution is 6.09. The van der Waals surface area contributed by atoms with Crippen molar-refractivity contribution < 1.29 is 24.5 Å². The summed E-state index contributed by atoms with van der Waals surface area (Å²) in [6.45, 7) is -0.404. The van der Waals surface area contributed by atoms with Crippen LogP contribution in [0.15, 0.2) is 40.1 Å². The molecule has 146 valence electrons. The second kappa shape index (κ2) is 8.22. The van der Waals surface area contributed by atoms with Gasteiger partial charge in [-0.05, 0) is 30.2 Å². The van der Waals surface area contributed by atoms with Crippen LogP contribution in [0, 0.1) is 11.8 Å². The minimum absolute atomic E-state index is 0.0643. The number of H-pyrrole nitrogens is 1. The summed E-state index contributed by atoms with van der Waals surface area (Å²) in [6.07, 6.45) is -1.40. The van der Waals surface area contributed by atoms with Crippen LogP contribution in [0.2, 0.25) is 0 Å². The quantitative estimate of drug-likeness (QED) is 0.473. The van der Waals surface area contributed by atoms with Crippen LogP contribution in [-0.2, 0) is 4.74 Å². The topological polar surface area (TPSA) is 131 Å². The van der Waals surface area contributed by atoms with Gasteiger partial charge in [0.25, 0.3) is 5.56 Å². The molecular formula is C19H18N2O7. The number of methoxy groups -OCH3 is 1. The van der Waals surface area contributed by atoms with E-state index in [0.29, 0.717) is 11.3 Å². The van der Waals surface area contributed by atoms with Crippen molar-refractivity contribution in [3.05, 3.63) is 62.4 Å². The molecule has 9 heteroatoms. The van der Waals surface area contributed by atoms with E-state index >= 15 is 0 Å². The van der Waals surface area contributed by atoms with E-state index in [9.17, 15) is 19.5 Å². The van der Waals surface area contributed by atoms with Crippen molar-refractivity contribution in [3.63, 3.8) is 0 Å². The van der Waals surface area contributed by atoms with E-state index in [1.807, 2.05) is 0 Å². The molecule has 0 spiro atoms. The summed E-state index contributed by atoms with van der Waals surface area (Å²) in [4.78, 5) is 38.3. The maximum atomic E-state index is 12.2. The van der Waals surface area contributed by atoms with E-state index in [0.717, 1.165) is 4.57 Å². The van der Waals surface area contributed by atoms with Crippen LogP contribution in [-0.4, -0.2) is 51.5 Å². The third kappa shape index (κ3) is 4.04. The van der Waals surface area contributed by atoms with Gasteiger partial charge in [0.2, 0.25) is 5.78 Å². The summed E-state index contributed by atoms with van der Waals surface area (Å²) >= 11 is 0. The summed E-state index contributed by atoms with van der Waals surface area (Å²) in [5.74, 6) is 4.91. The predicted octanol–water partition coefficient (Wildman–Crippen LogP) is -0.580. The Kier molecular flexibility index (Phi) is 5.75.